The molecule has 0 spiro atoms. The molecule has 0 radical (unpaired) electrons. The van der Waals surface area contributed by atoms with E-state index >= 15 is 0 Å². The van der Waals surface area contributed by atoms with E-state index in [1.54, 1.807) is 0 Å². The van der Waals surface area contributed by atoms with Crippen LogP contribution in [-0.2, 0) is 13.1 Å². The van der Waals surface area contributed by atoms with Crippen LogP contribution in [0.1, 0.15) is 29.4 Å². The lowest BCUT2D eigenvalue weighted by atomic mass is 10.1. The predicted octanol–water partition coefficient (Wildman–Crippen LogP) is 3.44. The Bertz CT molecular complexity index is 593. The summed E-state index contributed by atoms with van der Waals surface area (Å²) in [6.07, 6.45) is 0. The van der Waals surface area contributed by atoms with Crippen molar-refractivity contribution in [3.8, 4) is 0 Å². The molecule has 0 saturated heterocycles. The van der Waals surface area contributed by atoms with E-state index in [1.807, 2.05) is 13.0 Å². The first-order valence-corrected chi connectivity index (χ1v) is 7.54. The van der Waals surface area contributed by atoms with Crippen LogP contribution in [0.5, 0.6) is 0 Å². The van der Waals surface area contributed by atoms with Crippen molar-refractivity contribution >= 4 is 5.69 Å². The van der Waals surface area contributed by atoms with E-state index in [4.69, 9.17) is 0 Å². The molecule has 0 saturated carbocycles. The number of benzene rings is 1. The van der Waals surface area contributed by atoms with Crippen molar-refractivity contribution in [2.45, 2.75) is 33.9 Å². The highest BCUT2D eigenvalue weighted by molar-refractivity contribution is 5.54. The fraction of sp³-hybridized carbons (Fsp3) is 0.389. The van der Waals surface area contributed by atoms with Crippen LogP contribution in [-0.4, -0.2) is 18.6 Å². The van der Waals surface area contributed by atoms with Gasteiger partial charge in [-0.05, 0) is 44.2 Å². The smallest absolute Gasteiger partial charge is 0.0600 e. The van der Waals surface area contributed by atoms with Crippen molar-refractivity contribution in [2.75, 3.05) is 18.5 Å². The molecule has 1 N–H and O–H groups in total. The second kappa shape index (κ2) is 7.23. The van der Waals surface area contributed by atoms with Gasteiger partial charge in [-0.3, -0.25) is 4.98 Å². The van der Waals surface area contributed by atoms with Crippen LogP contribution < -0.4 is 10.2 Å². The number of rotatable bonds is 6. The van der Waals surface area contributed by atoms with Gasteiger partial charge >= 0.3 is 0 Å². The highest BCUT2D eigenvalue weighted by atomic mass is 15.1. The molecule has 2 aromatic rings. The molecule has 21 heavy (non-hydrogen) atoms. The molecule has 0 aliphatic heterocycles. The van der Waals surface area contributed by atoms with Gasteiger partial charge in [-0.25, -0.2) is 0 Å². The molecule has 1 aromatic heterocycles. The molecule has 2 rings (SSSR count). The van der Waals surface area contributed by atoms with Crippen molar-refractivity contribution in [1.82, 2.24) is 10.3 Å². The van der Waals surface area contributed by atoms with Gasteiger partial charge in [-0.15, -0.1) is 0 Å². The van der Waals surface area contributed by atoms with Gasteiger partial charge in [0.2, 0.25) is 0 Å². The monoisotopic (exact) mass is 283 g/mol. The summed E-state index contributed by atoms with van der Waals surface area (Å²) in [4.78, 5) is 6.86. The summed E-state index contributed by atoms with van der Waals surface area (Å²) in [7, 11) is 2.13. The quantitative estimate of drug-likeness (QED) is 0.880. The van der Waals surface area contributed by atoms with Gasteiger partial charge in [0.1, 0.15) is 0 Å². The summed E-state index contributed by atoms with van der Waals surface area (Å²) in [5.74, 6) is 0. The van der Waals surface area contributed by atoms with Gasteiger partial charge in [-0.1, -0.05) is 30.7 Å². The maximum Gasteiger partial charge on any atom is 0.0600 e. The zero-order valence-electron chi connectivity index (χ0n) is 13.5. The van der Waals surface area contributed by atoms with Gasteiger partial charge < -0.3 is 10.2 Å². The third-order valence-electron chi connectivity index (χ3n) is 3.56. The van der Waals surface area contributed by atoms with Crippen molar-refractivity contribution < 1.29 is 0 Å². The molecule has 0 aliphatic rings. The number of aryl methyl sites for hydroxylation is 2. The molecule has 0 atom stereocenters. The Morgan fingerprint density at radius 1 is 1.14 bits per heavy atom. The van der Waals surface area contributed by atoms with Crippen LogP contribution in [0, 0.1) is 13.8 Å². The molecule has 0 bridgehead atoms. The number of pyridine rings is 1. The summed E-state index contributed by atoms with van der Waals surface area (Å²) in [6, 6.07) is 12.8. The summed E-state index contributed by atoms with van der Waals surface area (Å²) < 4.78 is 0. The SMILES string of the molecule is CCNCc1cc(C)ccc1N(C)Cc1cccc(C)n1. The zero-order valence-corrected chi connectivity index (χ0v) is 13.5. The van der Waals surface area contributed by atoms with E-state index in [9.17, 15) is 0 Å². The summed E-state index contributed by atoms with van der Waals surface area (Å²) in [5, 5.41) is 3.42. The van der Waals surface area contributed by atoms with Crippen LogP contribution in [0.15, 0.2) is 36.4 Å². The molecular weight excluding hydrogens is 258 g/mol. The van der Waals surface area contributed by atoms with E-state index in [2.05, 4.69) is 66.4 Å². The van der Waals surface area contributed by atoms with Crippen molar-refractivity contribution in [1.29, 1.82) is 0 Å². The Kier molecular flexibility index (Phi) is 5.34. The largest absolute Gasteiger partial charge is 0.368 e. The topological polar surface area (TPSA) is 28.2 Å². The number of aromatic nitrogens is 1. The zero-order chi connectivity index (χ0) is 15.2. The third kappa shape index (κ3) is 4.30. The van der Waals surface area contributed by atoms with Crippen LogP contribution in [0.2, 0.25) is 0 Å². The predicted molar refractivity (Wildman–Crippen MR) is 89.6 cm³/mol. The Labute approximate surface area is 128 Å². The Morgan fingerprint density at radius 2 is 1.95 bits per heavy atom. The normalized spacial score (nSPS) is 10.7. The second-order valence-corrected chi connectivity index (χ2v) is 5.54. The van der Waals surface area contributed by atoms with Crippen LogP contribution >= 0.6 is 0 Å². The molecule has 1 aromatic carbocycles. The standard InChI is InChI=1S/C18H25N3/c1-5-19-12-16-11-14(2)9-10-18(16)21(4)13-17-8-6-7-15(3)20-17/h6-11,19H,5,12-13H2,1-4H3. The molecule has 3 nitrogen and oxygen atoms in total. The number of hydrogen-bond acceptors (Lipinski definition) is 3. The molecule has 0 aliphatic carbocycles. The Morgan fingerprint density at radius 3 is 2.67 bits per heavy atom. The van der Waals surface area contributed by atoms with Crippen molar-refractivity contribution in [3.05, 3.63) is 58.9 Å². The summed E-state index contributed by atoms with van der Waals surface area (Å²) >= 11 is 0. The van der Waals surface area contributed by atoms with Gasteiger partial charge in [0, 0.05) is 25.0 Å². The number of nitrogens with one attached hydrogen (secondary N) is 1. The molecule has 112 valence electrons. The van der Waals surface area contributed by atoms with Crippen LogP contribution in [0.4, 0.5) is 5.69 Å². The van der Waals surface area contributed by atoms with E-state index in [0.29, 0.717) is 0 Å². The van der Waals surface area contributed by atoms with Gasteiger partial charge in [0.25, 0.3) is 0 Å². The van der Waals surface area contributed by atoms with E-state index in [-0.39, 0.29) is 0 Å². The average molecular weight is 283 g/mol. The van der Waals surface area contributed by atoms with E-state index in [0.717, 1.165) is 31.0 Å². The van der Waals surface area contributed by atoms with Gasteiger partial charge in [-0.2, -0.15) is 0 Å². The number of anilines is 1. The fourth-order valence-electron chi connectivity index (χ4n) is 2.50. The summed E-state index contributed by atoms with van der Waals surface area (Å²) in [6.45, 7) is 9.02. The first-order chi connectivity index (χ1) is 10.1. The second-order valence-electron chi connectivity index (χ2n) is 5.54. The molecule has 0 fully saturated rings. The van der Waals surface area contributed by atoms with Crippen molar-refractivity contribution in [2.24, 2.45) is 0 Å². The number of hydrogen-bond donors (Lipinski definition) is 1. The van der Waals surface area contributed by atoms with E-state index in [1.165, 1.54) is 16.8 Å². The first-order valence-electron chi connectivity index (χ1n) is 7.54. The number of nitrogens with zero attached hydrogens (tertiary/aromatic N) is 2. The average Bonchev–Trinajstić information content (AvgIpc) is 2.45. The molecule has 0 amide bonds. The minimum absolute atomic E-state index is 0.823. The van der Waals surface area contributed by atoms with Crippen molar-refractivity contribution in [3.63, 3.8) is 0 Å². The molecular formula is C18H25N3. The lowest BCUT2D eigenvalue weighted by Gasteiger charge is -2.23. The van der Waals surface area contributed by atoms with Crippen LogP contribution in [0.25, 0.3) is 0 Å². The molecule has 3 heteroatoms. The minimum atomic E-state index is 0.823. The minimum Gasteiger partial charge on any atom is -0.368 e. The molecule has 0 unspecified atom stereocenters. The third-order valence-corrected chi connectivity index (χ3v) is 3.56. The Hall–Kier alpha value is -1.87. The summed E-state index contributed by atoms with van der Waals surface area (Å²) in [5.41, 5.74) is 6.08. The Balaban J connectivity index is 2.19. The van der Waals surface area contributed by atoms with Crippen LogP contribution in [0.3, 0.4) is 0 Å². The maximum absolute atomic E-state index is 4.59. The van der Waals surface area contributed by atoms with Gasteiger partial charge in [0.15, 0.2) is 0 Å². The van der Waals surface area contributed by atoms with Gasteiger partial charge in [0.05, 0.1) is 12.2 Å². The molecule has 1 heterocycles. The lowest BCUT2D eigenvalue weighted by Crippen LogP contribution is -2.21. The van der Waals surface area contributed by atoms with E-state index < -0.39 is 0 Å². The lowest BCUT2D eigenvalue weighted by molar-refractivity contribution is 0.722. The fourth-order valence-corrected chi connectivity index (χ4v) is 2.50. The highest BCUT2D eigenvalue weighted by Crippen LogP contribution is 2.22. The first kappa shape index (κ1) is 15.5. The highest BCUT2D eigenvalue weighted by Gasteiger charge is 2.09. The maximum atomic E-state index is 4.59.